The van der Waals surface area contributed by atoms with Crippen LogP contribution < -0.4 is 16.7 Å². The van der Waals surface area contributed by atoms with Crippen LogP contribution in [0.5, 0.6) is 0 Å². The minimum atomic E-state index is -0.0971. The molecular formula is C36H41BN4O. The standard InChI is InChI=1S/C36H41BN4O/c1-22-16-24(3)33(25(4)17-22)37(34-26(5)18-23(2)19-27(34)6)36-39-32(21-42-36)29-12-11-13-30(20-29)35-38-28(7)40-41(35)31-14-9-8-10-15-31/h11-13,16-21,31H,8-10,14-15H2,1-7H3. The molecule has 0 radical (unpaired) electrons. The third-order valence-corrected chi connectivity index (χ3v) is 8.90. The Morgan fingerprint density at radius 1 is 0.714 bits per heavy atom. The fourth-order valence-electron chi connectivity index (χ4n) is 7.26. The van der Waals surface area contributed by atoms with Crippen LogP contribution >= 0.6 is 0 Å². The molecule has 5 aromatic rings. The lowest BCUT2D eigenvalue weighted by molar-refractivity contribution is 0.331. The van der Waals surface area contributed by atoms with E-state index in [-0.39, 0.29) is 6.71 Å². The molecule has 2 heterocycles. The monoisotopic (exact) mass is 556 g/mol. The van der Waals surface area contributed by atoms with E-state index in [1.807, 2.05) is 13.2 Å². The molecule has 6 rings (SSSR count). The van der Waals surface area contributed by atoms with Gasteiger partial charge < -0.3 is 4.42 Å². The lowest BCUT2D eigenvalue weighted by Gasteiger charge is -2.23. The van der Waals surface area contributed by atoms with Gasteiger partial charge in [-0.1, -0.05) is 106 Å². The van der Waals surface area contributed by atoms with Gasteiger partial charge in [-0.3, -0.25) is 0 Å². The second-order valence-corrected chi connectivity index (χ2v) is 12.4. The molecule has 214 valence electrons. The van der Waals surface area contributed by atoms with Crippen LogP contribution in [0.1, 0.15) is 77.4 Å². The summed E-state index contributed by atoms with van der Waals surface area (Å²) < 4.78 is 8.57. The van der Waals surface area contributed by atoms with E-state index in [9.17, 15) is 0 Å². The van der Waals surface area contributed by atoms with Crippen molar-refractivity contribution in [2.75, 3.05) is 0 Å². The summed E-state index contributed by atoms with van der Waals surface area (Å²) in [6.45, 7) is 15.0. The molecule has 1 fully saturated rings. The maximum atomic E-state index is 6.39. The number of rotatable bonds is 6. The first-order valence-electron chi connectivity index (χ1n) is 15.3. The summed E-state index contributed by atoms with van der Waals surface area (Å²) in [5.41, 5.74) is 13.0. The van der Waals surface area contributed by atoms with Crippen molar-refractivity contribution >= 4 is 23.4 Å². The number of oxazole rings is 1. The number of benzene rings is 3. The van der Waals surface area contributed by atoms with Gasteiger partial charge in [-0.2, -0.15) is 5.10 Å². The number of hydrogen-bond acceptors (Lipinski definition) is 4. The van der Waals surface area contributed by atoms with Crippen molar-refractivity contribution in [3.05, 3.63) is 94.0 Å². The predicted molar refractivity (Wildman–Crippen MR) is 174 cm³/mol. The molecule has 0 saturated heterocycles. The Kier molecular flexibility index (Phi) is 7.65. The number of aryl methyl sites for hydroxylation is 7. The molecule has 0 unspecified atom stereocenters. The summed E-state index contributed by atoms with van der Waals surface area (Å²) in [5.74, 6) is 2.49. The second kappa shape index (κ2) is 11.4. The van der Waals surface area contributed by atoms with Crippen LogP contribution in [0.25, 0.3) is 22.6 Å². The zero-order valence-corrected chi connectivity index (χ0v) is 26.1. The molecule has 0 N–H and O–H groups in total. The molecule has 0 aliphatic heterocycles. The van der Waals surface area contributed by atoms with Gasteiger partial charge in [-0.05, 0) is 67.4 Å². The lowest BCUT2D eigenvalue weighted by Crippen LogP contribution is -2.56. The molecule has 0 atom stereocenters. The van der Waals surface area contributed by atoms with Crippen molar-refractivity contribution in [1.82, 2.24) is 19.7 Å². The molecular weight excluding hydrogens is 515 g/mol. The van der Waals surface area contributed by atoms with Crippen molar-refractivity contribution in [3.8, 4) is 22.6 Å². The highest BCUT2D eigenvalue weighted by molar-refractivity contribution is 6.95. The molecule has 1 saturated carbocycles. The largest absolute Gasteiger partial charge is 0.458 e. The molecule has 0 bridgehead atoms. The first kappa shape index (κ1) is 28.2. The predicted octanol–water partition coefficient (Wildman–Crippen LogP) is 6.78. The maximum absolute atomic E-state index is 6.39. The molecule has 0 amide bonds. The van der Waals surface area contributed by atoms with Gasteiger partial charge in [0.15, 0.2) is 11.6 Å². The Balaban J connectivity index is 1.44. The van der Waals surface area contributed by atoms with Crippen LogP contribution in [0.15, 0.2) is 59.2 Å². The third-order valence-electron chi connectivity index (χ3n) is 8.90. The van der Waals surface area contributed by atoms with E-state index in [1.54, 1.807) is 0 Å². The van der Waals surface area contributed by atoms with Gasteiger partial charge in [0.05, 0.1) is 6.04 Å². The summed E-state index contributed by atoms with van der Waals surface area (Å²) in [4.78, 5) is 10.1. The molecule has 42 heavy (non-hydrogen) atoms. The van der Waals surface area contributed by atoms with Gasteiger partial charge in [-0.25, -0.2) is 14.6 Å². The average molecular weight is 557 g/mol. The quantitative estimate of drug-likeness (QED) is 0.216. The summed E-state index contributed by atoms with van der Waals surface area (Å²) in [5, 5.41) is 4.82. The van der Waals surface area contributed by atoms with Crippen molar-refractivity contribution in [1.29, 1.82) is 0 Å². The topological polar surface area (TPSA) is 56.7 Å². The van der Waals surface area contributed by atoms with E-state index >= 15 is 0 Å². The Bertz CT molecular complexity index is 1650. The van der Waals surface area contributed by atoms with E-state index in [0.717, 1.165) is 34.3 Å². The summed E-state index contributed by atoms with van der Waals surface area (Å²) >= 11 is 0. The molecule has 3 aromatic carbocycles. The first-order chi connectivity index (χ1) is 20.2. The minimum absolute atomic E-state index is 0.0971. The fourth-order valence-corrected chi connectivity index (χ4v) is 7.26. The van der Waals surface area contributed by atoms with Gasteiger partial charge in [0, 0.05) is 11.1 Å². The summed E-state index contributed by atoms with van der Waals surface area (Å²) in [6.07, 6.45) is 7.97. The van der Waals surface area contributed by atoms with Crippen LogP contribution in [0.4, 0.5) is 0 Å². The first-order valence-corrected chi connectivity index (χ1v) is 15.3. The molecule has 6 heteroatoms. The zero-order chi connectivity index (χ0) is 29.5. The maximum Gasteiger partial charge on any atom is 0.314 e. The molecule has 1 aliphatic rings. The van der Waals surface area contributed by atoms with Gasteiger partial charge in [0.2, 0.25) is 0 Å². The van der Waals surface area contributed by atoms with Crippen molar-refractivity contribution in [3.63, 3.8) is 0 Å². The van der Waals surface area contributed by atoms with Crippen LogP contribution in [-0.4, -0.2) is 26.5 Å². The smallest absolute Gasteiger partial charge is 0.314 e. The Labute approximate surface area is 250 Å². The summed E-state index contributed by atoms with van der Waals surface area (Å²) in [7, 11) is 0. The normalized spacial score (nSPS) is 14.0. The molecule has 5 nitrogen and oxygen atoms in total. The van der Waals surface area contributed by atoms with E-state index < -0.39 is 0 Å². The zero-order valence-electron chi connectivity index (χ0n) is 26.1. The average Bonchev–Trinajstić information content (AvgIpc) is 3.59. The van der Waals surface area contributed by atoms with Gasteiger partial charge in [0.25, 0.3) is 0 Å². The van der Waals surface area contributed by atoms with Gasteiger partial charge >= 0.3 is 6.71 Å². The SMILES string of the molecule is Cc1cc(C)c(B(c2nc(-c3cccc(-c4nc(C)nn4C4CCCCC4)c3)co2)c2c(C)cc(C)cc2C)c(C)c1. The van der Waals surface area contributed by atoms with E-state index in [0.29, 0.717) is 6.04 Å². The molecule has 1 aliphatic carbocycles. The lowest BCUT2D eigenvalue weighted by atomic mass is 9.37. The van der Waals surface area contributed by atoms with E-state index in [2.05, 4.69) is 94.8 Å². The fraction of sp³-hybridized carbons (Fsp3) is 0.361. The highest BCUT2D eigenvalue weighted by atomic mass is 16.3. The van der Waals surface area contributed by atoms with Crippen LogP contribution in [0, 0.1) is 48.5 Å². The van der Waals surface area contributed by atoms with Crippen molar-refractivity contribution in [2.24, 2.45) is 0 Å². The van der Waals surface area contributed by atoms with E-state index in [1.165, 1.54) is 76.4 Å². The Morgan fingerprint density at radius 3 is 1.88 bits per heavy atom. The Hall–Kier alpha value is -3.93. The number of hydrogen-bond donors (Lipinski definition) is 0. The molecule has 2 aromatic heterocycles. The minimum Gasteiger partial charge on any atom is -0.458 e. The van der Waals surface area contributed by atoms with E-state index in [4.69, 9.17) is 19.5 Å². The van der Waals surface area contributed by atoms with Crippen LogP contribution in [0.3, 0.4) is 0 Å². The third kappa shape index (κ3) is 5.35. The summed E-state index contributed by atoms with van der Waals surface area (Å²) in [6, 6.07) is 18.0. The highest BCUT2D eigenvalue weighted by Gasteiger charge is 2.33. The second-order valence-electron chi connectivity index (χ2n) is 12.4. The van der Waals surface area contributed by atoms with Crippen molar-refractivity contribution < 1.29 is 4.42 Å². The van der Waals surface area contributed by atoms with Gasteiger partial charge in [-0.15, -0.1) is 0 Å². The number of nitrogens with zero attached hydrogens (tertiary/aromatic N) is 4. The highest BCUT2D eigenvalue weighted by Crippen LogP contribution is 2.32. The van der Waals surface area contributed by atoms with Gasteiger partial charge in [0.1, 0.15) is 17.8 Å². The van der Waals surface area contributed by atoms with Crippen molar-refractivity contribution in [2.45, 2.75) is 86.6 Å². The molecule has 0 spiro atoms. The Morgan fingerprint density at radius 2 is 1.29 bits per heavy atom. The van der Waals surface area contributed by atoms with Crippen LogP contribution in [0.2, 0.25) is 0 Å². The van der Waals surface area contributed by atoms with Crippen LogP contribution in [-0.2, 0) is 0 Å². The number of aromatic nitrogens is 4.